The summed E-state index contributed by atoms with van der Waals surface area (Å²) in [6.45, 7) is 5.49. The number of aromatic nitrogens is 3. The topological polar surface area (TPSA) is 96.3 Å². The van der Waals surface area contributed by atoms with Crippen LogP contribution < -0.4 is 15.6 Å². The molecule has 0 spiro atoms. The molecule has 2 aliphatic rings. The van der Waals surface area contributed by atoms with Gasteiger partial charge >= 0.3 is 0 Å². The fraction of sp³-hybridized carbons (Fsp3) is 0.577. The number of nitrogens with one attached hydrogen (secondary N) is 2. The van der Waals surface area contributed by atoms with Gasteiger partial charge in [0.1, 0.15) is 11.4 Å². The average Bonchev–Trinajstić information content (AvgIpc) is 3.58. The molecule has 0 bridgehead atoms. The molecule has 2 aromatic heterocycles. The van der Waals surface area contributed by atoms with Gasteiger partial charge in [-0.15, -0.1) is 24.8 Å². The van der Waals surface area contributed by atoms with Gasteiger partial charge in [-0.25, -0.2) is 0 Å². The number of ether oxygens (including phenoxy) is 1. The number of likely N-dealkylation sites (tertiary alicyclic amines) is 1. The molecule has 3 aromatic rings. The lowest BCUT2D eigenvalue weighted by molar-refractivity contribution is 0.170. The number of aryl methyl sites for hydroxylation is 2. The number of hydrogen-bond donors (Lipinski definition) is 2. The number of fused-ring (bicyclic) bond motifs is 1. The zero-order valence-corrected chi connectivity index (χ0v) is 23.1. The first-order chi connectivity index (χ1) is 16.6. The second-order valence-electron chi connectivity index (χ2n) is 9.57. The third kappa shape index (κ3) is 7.93. The molecule has 0 atom stereocenters. The van der Waals surface area contributed by atoms with Crippen molar-refractivity contribution in [3.05, 3.63) is 51.8 Å². The second-order valence-corrected chi connectivity index (χ2v) is 9.57. The summed E-state index contributed by atoms with van der Waals surface area (Å²) in [6, 6.07) is 4.17. The number of nitrogens with zero attached hydrogens (tertiary/aromatic N) is 3. The van der Waals surface area contributed by atoms with Gasteiger partial charge in [0.05, 0.1) is 12.3 Å². The first kappa shape index (κ1) is 30.1. The van der Waals surface area contributed by atoms with Gasteiger partial charge in [0.25, 0.3) is 5.56 Å². The van der Waals surface area contributed by atoms with Crippen LogP contribution in [-0.2, 0) is 13.0 Å². The van der Waals surface area contributed by atoms with Crippen LogP contribution in [0.4, 0.5) is 0 Å². The average molecular weight is 541 g/mol. The van der Waals surface area contributed by atoms with E-state index in [0.29, 0.717) is 18.2 Å². The Morgan fingerprint density at radius 1 is 1.11 bits per heavy atom. The van der Waals surface area contributed by atoms with Crippen LogP contribution in [0.1, 0.15) is 49.1 Å². The Balaban J connectivity index is 0.000000871. The van der Waals surface area contributed by atoms with Gasteiger partial charge in [0, 0.05) is 29.9 Å². The third-order valence-electron chi connectivity index (χ3n) is 6.74. The summed E-state index contributed by atoms with van der Waals surface area (Å²) in [5, 5.41) is 8.25. The molecule has 1 aliphatic carbocycles. The molecule has 3 heterocycles. The van der Waals surface area contributed by atoms with E-state index in [9.17, 15) is 4.79 Å². The Kier molecular flexibility index (Phi) is 12.2. The Labute approximate surface area is 225 Å². The molecular formula is C26H39Cl2N5O3. The number of aromatic amines is 1. The van der Waals surface area contributed by atoms with Crippen molar-refractivity contribution in [2.24, 2.45) is 11.8 Å². The molecule has 1 aromatic carbocycles. The highest BCUT2D eigenvalue weighted by Crippen LogP contribution is 2.34. The van der Waals surface area contributed by atoms with Crippen molar-refractivity contribution in [1.82, 2.24) is 25.3 Å². The fourth-order valence-corrected chi connectivity index (χ4v) is 4.48. The van der Waals surface area contributed by atoms with Crippen molar-refractivity contribution >= 4 is 35.8 Å². The van der Waals surface area contributed by atoms with E-state index in [1.807, 2.05) is 14.1 Å². The summed E-state index contributed by atoms with van der Waals surface area (Å²) in [7, 11) is 3.75. The van der Waals surface area contributed by atoms with Crippen molar-refractivity contribution in [2.45, 2.75) is 52.0 Å². The molecule has 1 aliphatic heterocycles. The number of rotatable bonds is 8. The number of benzene rings is 1. The van der Waals surface area contributed by atoms with Crippen LogP contribution in [0.15, 0.2) is 33.8 Å². The van der Waals surface area contributed by atoms with E-state index in [4.69, 9.17) is 9.26 Å². The van der Waals surface area contributed by atoms with Gasteiger partial charge in [-0.05, 0) is 96.6 Å². The Morgan fingerprint density at radius 3 is 2.50 bits per heavy atom. The summed E-state index contributed by atoms with van der Waals surface area (Å²) in [4.78, 5) is 21.1. The molecule has 0 radical (unpaired) electrons. The maximum Gasteiger partial charge on any atom is 0.270 e. The van der Waals surface area contributed by atoms with Gasteiger partial charge in [-0.3, -0.25) is 14.7 Å². The molecule has 0 unspecified atom stereocenters. The van der Waals surface area contributed by atoms with Crippen LogP contribution in [0.5, 0.6) is 5.75 Å². The van der Waals surface area contributed by atoms with E-state index in [2.05, 4.69) is 44.4 Å². The van der Waals surface area contributed by atoms with E-state index >= 15 is 0 Å². The molecule has 200 valence electrons. The van der Waals surface area contributed by atoms with E-state index in [1.54, 1.807) is 12.4 Å². The summed E-state index contributed by atoms with van der Waals surface area (Å²) in [5.41, 5.74) is 3.48. The molecule has 5 rings (SSSR count). The quantitative estimate of drug-likeness (QED) is 0.433. The van der Waals surface area contributed by atoms with E-state index in [1.165, 1.54) is 12.8 Å². The van der Waals surface area contributed by atoms with Crippen molar-refractivity contribution in [2.75, 3.05) is 33.8 Å². The standard InChI is InChI=1S/C24H30N4O3.C2H7N.2ClH/c1-16-22(30-15-18-2-3-18)7-5-19-20(27-31-23(16)19)6-4-17-8-12-28(13-9-17)14-21-24(29)26-11-10-25-21;1-3-2;;/h5,7,10-11,17-18H,2-4,6,8-9,12-15H2,1H3,(H,26,29);3H,1-2H3;2*1H. The van der Waals surface area contributed by atoms with Gasteiger partial charge in [0.15, 0.2) is 5.58 Å². The molecule has 2 fully saturated rings. The Morgan fingerprint density at radius 2 is 1.83 bits per heavy atom. The minimum absolute atomic E-state index is 0. The van der Waals surface area contributed by atoms with Gasteiger partial charge < -0.3 is 19.6 Å². The molecule has 8 nitrogen and oxygen atoms in total. The first-order valence-corrected chi connectivity index (χ1v) is 12.4. The summed E-state index contributed by atoms with van der Waals surface area (Å²) < 4.78 is 11.7. The zero-order valence-electron chi connectivity index (χ0n) is 21.4. The number of halogens is 2. The van der Waals surface area contributed by atoms with Crippen molar-refractivity contribution in [3.8, 4) is 5.75 Å². The second kappa shape index (κ2) is 14.6. The summed E-state index contributed by atoms with van der Waals surface area (Å²) >= 11 is 0. The van der Waals surface area contributed by atoms with E-state index < -0.39 is 0 Å². The van der Waals surface area contributed by atoms with Gasteiger partial charge in [0.2, 0.25) is 0 Å². The monoisotopic (exact) mass is 539 g/mol. The van der Waals surface area contributed by atoms with Crippen molar-refractivity contribution in [1.29, 1.82) is 0 Å². The Bertz CT molecular complexity index is 1120. The predicted octanol–water partition coefficient (Wildman–Crippen LogP) is 4.53. The molecule has 2 N–H and O–H groups in total. The lowest BCUT2D eigenvalue weighted by Crippen LogP contribution is -2.35. The van der Waals surface area contributed by atoms with Crippen LogP contribution in [-0.4, -0.2) is 53.8 Å². The van der Waals surface area contributed by atoms with Crippen molar-refractivity contribution < 1.29 is 9.26 Å². The van der Waals surface area contributed by atoms with E-state index in [-0.39, 0.29) is 30.4 Å². The number of piperidine rings is 1. The lowest BCUT2D eigenvalue weighted by Gasteiger charge is -2.31. The lowest BCUT2D eigenvalue weighted by atomic mass is 9.91. The maximum absolute atomic E-state index is 11.8. The Hall–Kier alpha value is -2.13. The fourth-order valence-electron chi connectivity index (χ4n) is 4.48. The zero-order chi connectivity index (χ0) is 23.9. The smallest absolute Gasteiger partial charge is 0.270 e. The van der Waals surface area contributed by atoms with Crippen LogP contribution in [0.3, 0.4) is 0 Å². The predicted molar refractivity (Wildman–Crippen MR) is 148 cm³/mol. The van der Waals surface area contributed by atoms with Crippen LogP contribution >= 0.6 is 24.8 Å². The van der Waals surface area contributed by atoms with Gasteiger partial charge in [-0.1, -0.05) is 5.16 Å². The van der Waals surface area contributed by atoms with Crippen LogP contribution in [0, 0.1) is 18.8 Å². The molecule has 10 heteroatoms. The largest absolute Gasteiger partial charge is 0.493 e. The highest BCUT2D eigenvalue weighted by atomic mass is 35.5. The van der Waals surface area contributed by atoms with E-state index in [0.717, 1.165) is 79.3 Å². The number of H-pyrrole nitrogens is 1. The van der Waals surface area contributed by atoms with Crippen LogP contribution in [0.2, 0.25) is 0 Å². The number of hydrogen-bond acceptors (Lipinski definition) is 7. The highest BCUT2D eigenvalue weighted by Gasteiger charge is 2.24. The minimum Gasteiger partial charge on any atom is -0.493 e. The highest BCUT2D eigenvalue weighted by molar-refractivity contribution is 5.86. The van der Waals surface area contributed by atoms with Crippen molar-refractivity contribution in [3.63, 3.8) is 0 Å². The third-order valence-corrected chi connectivity index (χ3v) is 6.74. The van der Waals surface area contributed by atoms with Gasteiger partial charge in [-0.2, -0.15) is 0 Å². The first-order valence-electron chi connectivity index (χ1n) is 12.4. The molecule has 1 saturated carbocycles. The minimum atomic E-state index is -0.0843. The SMILES string of the molecule is CNC.Cc1c(OCC2CC2)ccc2c(CCC3CCN(Cc4ncc[nH]c4=O)CC3)noc12.Cl.Cl. The molecule has 0 amide bonds. The summed E-state index contributed by atoms with van der Waals surface area (Å²) in [5.74, 6) is 2.32. The molecular weight excluding hydrogens is 501 g/mol. The maximum atomic E-state index is 11.8. The summed E-state index contributed by atoms with van der Waals surface area (Å²) in [6.07, 6.45) is 10.1. The van der Waals surface area contributed by atoms with Crippen LogP contribution in [0.25, 0.3) is 11.0 Å². The normalized spacial score (nSPS) is 16.0. The molecule has 36 heavy (non-hydrogen) atoms. The molecule has 1 saturated heterocycles.